The van der Waals surface area contributed by atoms with Crippen molar-refractivity contribution in [1.82, 2.24) is 9.88 Å². The minimum Gasteiger partial charge on any atom is -0.312 e. The predicted molar refractivity (Wildman–Crippen MR) is 205 cm³/mol. The number of nitrogens with zero attached hydrogens (tertiary/aromatic N) is 1. The molecule has 2 atom stereocenters. The lowest BCUT2D eigenvalue weighted by Gasteiger charge is -2.28. The van der Waals surface area contributed by atoms with E-state index in [1.54, 1.807) is 0 Å². The van der Waals surface area contributed by atoms with E-state index in [1.165, 1.54) is 71.5 Å². The number of hydrogen-bond donors (Lipinski definition) is 2. The standard InChI is InChI=1S/C46H39N3/c1-29-12-4-6-14-34(29)44(32-22-26-37-36-16-8-10-18-39(36)46(2,3)40(37)28-32)48-45(47)31-20-24-33(25-21-31)49-41-19-11-9-17-38(41)43-35-15-7-5-13-30(35)23-27-42(43)49/h4-28,44-45,48H,47H2,1-3H3. The number of nitrogens with two attached hydrogens (primary N) is 1. The topological polar surface area (TPSA) is 43.0 Å². The van der Waals surface area contributed by atoms with Crippen LogP contribution in [0, 0.1) is 6.92 Å². The van der Waals surface area contributed by atoms with Crippen molar-refractivity contribution in [3.8, 4) is 16.8 Å². The van der Waals surface area contributed by atoms with Crippen molar-refractivity contribution in [3.05, 3.63) is 185 Å². The molecule has 0 radical (unpaired) electrons. The van der Waals surface area contributed by atoms with E-state index in [2.05, 4.69) is 182 Å². The van der Waals surface area contributed by atoms with Gasteiger partial charge in [0.05, 0.1) is 23.2 Å². The number of para-hydroxylation sites is 1. The van der Waals surface area contributed by atoms with Gasteiger partial charge in [-0.05, 0) is 86.5 Å². The summed E-state index contributed by atoms with van der Waals surface area (Å²) in [4.78, 5) is 0. The number of aromatic nitrogens is 1. The maximum Gasteiger partial charge on any atom is 0.0817 e. The van der Waals surface area contributed by atoms with Crippen molar-refractivity contribution in [3.63, 3.8) is 0 Å². The lowest BCUT2D eigenvalue weighted by atomic mass is 9.81. The molecule has 238 valence electrons. The molecule has 7 aromatic carbocycles. The molecule has 1 aromatic heterocycles. The van der Waals surface area contributed by atoms with E-state index < -0.39 is 0 Å². The third-order valence-electron chi connectivity index (χ3n) is 10.9. The Bertz CT molecular complexity index is 2540. The first kappa shape index (κ1) is 29.6. The highest BCUT2D eigenvalue weighted by molar-refractivity contribution is 6.21. The normalized spacial score (nSPS) is 14.6. The van der Waals surface area contributed by atoms with E-state index in [9.17, 15) is 0 Å². The molecule has 3 heteroatoms. The second-order valence-electron chi connectivity index (χ2n) is 14.0. The smallest absolute Gasteiger partial charge is 0.0817 e. The third-order valence-corrected chi connectivity index (χ3v) is 10.9. The van der Waals surface area contributed by atoms with Gasteiger partial charge in [0.1, 0.15) is 0 Å². The van der Waals surface area contributed by atoms with Crippen molar-refractivity contribution in [1.29, 1.82) is 0 Å². The molecule has 0 aliphatic heterocycles. The molecule has 0 saturated heterocycles. The van der Waals surface area contributed by atoms with Gasteiger partial charge >= 0.3 is 0 Å². The molecule has 0 fully saturated rings. The molecule has 0 amide bonds. The van der Waals surface area contributed by atoms with Crippen LogP contribution in [0.3, 0.4) is 0 Å². The zero-order valence-corrected chi connectivity index (χ0v) is 28.1. The van der Waals surface area contributed by atoms with Crippen molar-refractivity contribution in [2.75, 3.05) is 0 Å². The number of aryl methyl sites for hydroxylation is 1. The van der Waals surface area contributed by atoms with Crippen LogP contribution in [-0.2, 0) is 5.41 Å². The van der Waals surface area contributed by atoms with Gasteiger partial charge in [-0.3, -0.25) is 5.32 Å². The Morgan fingerprint density at radius 3 is 2.10 bits per heavy atom. The van der Waals surface area contributed by atoms with Crippen molar-refractivity contribution in [2.45, 2.75) is 38.4 Å². The fourth-order valence-corrected chi connectivity index (χ4v) is 8.30. The van der Waals surface area contributed by atoms with Crippen molar-refractivity contribution in [2.24, 2.45) is 5.73 Å². The monoisotopic (exact) mass is 633 g/mol. The Morgan fingerprint density at radius 2 is 1.27 bits per heavy atom. The van der Waals surface area contributed by atoms with Crippen LogP contribution in [0.15, 0.2) is 152 Å². The van der Waals surface area contributed by atoms with Gasteiger partial charge in [0, 0.05) is 21.9 Å². The van der Waals surface area contributed by atoms with Crippen molar-refractivity contribution < 1.29 is 0 Å². The number of fused-ring (bicyclic) bond motifs is 8. The first-order valence-corrected chi connectivity index (χ1v) is 17.2. The first-order chi connectivity index (χ1) is 23.9. The van der Waals surface area contributed by atoms with Gasteiger partial charge in [-0.1, -0.05) is 141 Å². The highest BCUT2D eigenvalue weighted by Crippen LogP contribution is 2.49. The van der Waals surface area contributed by atoms with Gasteiger partial charge in [-0.25, -0.2) is 0 Å². The molecule has 49 heavy (non-hydrogen) atoms. The summed E-state index contributed by atoms with van der Waals surface area (Å²) in [5.74, 6) is 0. The maximum atomic E-state index is 7.05. The summed E-state index contributed by atoms with van der Waals surface area (Å²) in [6, 6.07) is 55.0. The Morgan fingerprint density at radius 1 is 0.592 bits per heavy atom. The van der Waals surface area contributed by atoms with Crippen LogP contribution in [0.25, 0.3) is 49.4 Å². The summed E-state index contributed by atoms with van der Waals surface area (Å²) in [5, 5.41) is 8.93. The van der Waals surface area contributed by atoms with Crippen LogP contribution in [0.5, 0.6) is 0 Å². The molecule has 1 aliphatic carbocycles. The quantitative estimate of drug-likeness (QED) is 0.179. The average molecular weight is 634 g/mol. The first-order valence-electron chi connectivity index (χ1n) is 17.2. The summed E-state index contributed by atoms with van der Waals surface area (Å²) in [6.07, 6.45) is -0.376. The highest BCUT2D eigenvalue weighted by atomic mass is 15.1. The molecule has 0 saturated carbocycles. The molecule has 3 N–H and O–H groups in total. The molecule has 8 aromatic rings. The van der Waals surface area contributed by atoms with E-state index in [0.29, 0.717) is 0 Å². The molecule has 9 rings (SSSR count). The van der Waals surface area contributed by atoms with E-state index in [-0.39, 0.29) is 17.6 Å². The van der Waals surface area contributed by atoms with E-state index in [0.717, 1.165) is 11.3 Å². The van der Waals surface area contributed by atoms with Gasteiger partial charge in [-0.15, -0.1) is 0 Å². The van der Waals surface area contributed by atoms with Crippen LogP contribution in [0.1, 0.15) is 59.4 Å². The minimum atomic E-state index is -0.376. The Labute approximate surface area is 287 Å². The average Bonchev–Trinajstić information content (AvgIpc) is 3.60. The Kier molecular flexibility index (Phi) is 6.84. The van der Waals surface area contributed by atoms with Crippen LogP contribution in [0.4, 0.5) is 0 Å². The van der Waals surface area contributed by atoms with E-state index in [4.69, 9.17) is 5.73 Å². The zero-order valence-electron chi connectivity index (χ0n) is 28.1. The van der Waals surface area contributed by atoms with Crippen LogP contribution < -0.4 is 11.1 Å². The Balaban J connectivity index is 1.09. The second kappa shape index (κ2) is 11.3. The fourth-order valence-electron chi connectivity index (χ4n) is 8.30. The van der Waals surface area contributed by atoms with Gasteiger partial charge in [-0.2, -0.15) is 0 Å². The van der Waals surface area contributed by atoms with Gasteiger partial charge in [0.2, 0.25) is 0 Å². The summed E-state index contributed by atoms with van der Waals surface area (Å²) in [5.41, 5.74) is 20.7. The van der Waals surface area contributed by atoms with Crippen LogP contribution >= 0.6 is 0 Å². The summed E-state index contributed by atoms with van der Waals surface area (Å²) < 4.78 is 2.38. The molecular formula is C46H39N3. The zero-order chi connectivity index (χ0) is 33.3. The molecule has 1 aliphatic rings. The van der Waals surface area contributed by atoms with Gasteiger partial charge in [0.15, 0.2) is 0 Å². The summed E-state index contributed by atoms with van der Waals surface area (Å²) in [7, 11) is 0. The van der Waals surface area contributed by atoms with Crippen LogP contribution in [-0.4, -0.2) is 4.57 Å². The number of rotatable bonds is 6. The fraction of sp³-hybridized carbons (Fsp3) is 0.130. The number of nitrogens with one attached hydrogen (secondary N) is 1. The van der Waals surface area contributed by atoms with Gasteiger partial charge in [0.25, 0.3) is 0 Å². The van der Waals surface area contributed by atoms with E-state index >= 15 is 0 Å². The highest BCUT2D eigenvalue weighted by Gasteiger charge is 2.36. The SMILES string of the molecule is Cc1ccccc1C(NC(N)c1ccc(-n2c3ccccc3c3c4ccccc4ccc32)cc1)c1ccc2c(c1)C(C)(C)c1ccccc1-2. The maximum absolute atomic E-state index is 7.05. The summed E-state index contributed by atoms with van der Waals surface area (Å²) >= 11 is 0. The predicted octanol–water partition coefficient (Wildman–Crippen LogP) is 10.9. The second-order valence-corrected chi connectivity index (χ2v) is 14.0. The molecule has 3 nitrogen and oxygen atoms in total. The van der Waals surface area contributed by atoms with E-state index in [1.807, 2.05) is 0 Å². The van der Waals surface area contributed by atoms with Crippen LogP contribution in [0.2, 0.25) is 0 Å². The molecule has 1 heterocycles. The third kappa shape index (κ3) is 4.65. The Hall–Kier alpha value is -5.48. The number of hydrogen-bond acceptors (Lipinski definition) is 2. The largest absolute Gasteiger partial charge is 0.312 e. The molecule has 0 bridgehead atoms. The minimum absolute atomic E-state index is 0.0741. The molecule has 2 unspecified atom stereocenters. The summed E-state index contributed by atoms with van der Waals surface area (Å²) in [6.45, 7) is 6.86. The lowest BCUT2D eigenvalue weighted by molar-refractivity contribution is 0.497. The number of benzene rings is 7. The van der Waals surface area contributed by atoms with Crippen molar-refractivity contribution >= 4 is 32.6 Å². The molecule has 0 spiro atoms. The molecular weight excluding hydrogens is 595 g/mol. The lowest BCUT2D eigenvalue weighted by Crippen LogP contribution is -2.33. The van der Waals surface area contributed by atoms with Gasteiger partial charge < -0.3 is 10.3 Å².